The molecule has 1 amide bonds. The third-order valence-electron chi connectivity index (χ3n) is 7.96. The van der Waals surface area contributed by atoms with E-state index in [1.54, 1.807) is 13.0 Å². The van der Waals surface area contributed by atoms with Gasteiger partial charge in [0.1, 0.15) is 6.61 Å². The van der Waals surface area contributed by atoms with Crippen molar-refractivity contribution in [3.8, 4) is 11.1 Å². The first-order valence-corrected chi connectivity index (χ1v) is 12.6. The molecule has 2 unspecified atom stereocenters. The van der Waals surface area contributed by atoms with Gasteiger partial charge >= 0.3 is 6.09 Å². The highest BCUT2D eigenvalue weighted by atomic mass is 16.6. The Morgan fingerprint density at radius 1 is 1.03 bits per heavy atom. The van der Waals surface area contributed by atoms with Crippen molar-refractivity contribution in [1.82, 2.24) is 4.90 Å². The van der Waals surface area contributed by atoms with Crippen LogP contribution in [0, 0.1) is 17.0 Å². The Morgan fingerprint density at radius 2 is 1.72 bits per heavy atom. The van der Waals surface area contributed by atoms with E-state index in [4.69, 9.17) is 4.74 Å². The predicted molar refractivity (Wildman–Crippen MR) is 139 cm³/mol. The second kappa shape index (κ2) is 8.94. The summed E-state index contributed by atoms with van der Waals surface area (Å²) in [6.07, 6.45) is 5.37. The van der Waals surface area contributed by atoms with E-state index in [0.29, 0.717) is 18.6 Å². The molecule has 3 aromatic carbocycles. The number of fused-ring (bicyclic) bond motifs is 5. The van der Waals surface area contributed by atoms with Gasteiger partial charge in [0.2, 0.25) is 0 Å². The van der Waals surface area contributed by atoms with Crippen molar-refractivity contribution >= 4 is 17.4 Å². The molecular weight excluding hydrogens is 452 g/mol. The number of ether oxygens (including phenoxy) is 1. The third kappa shape index (κ3) is 3.77. The number of benzene rings is 3. The number of amides is 1. The van der Waals surface area contributed by atoms with E-state index in [1.807, 2.05) is 41.3 Å². The largest absolute Gasteiger partial charge is 0.448 e. The van der Waals surface area contributed by atoms with Crippen molar-refractivity contribution in [2.24, 2.45) is 0 Å². The lowest BCUT2D eigenvalue weighted by Crippen LogP contribution is -2.51. The quantitative estimate of drug-likeness (QED) is 0.302. The van der Waals surface area contributed by atoms with Gasteiger partial charge in [0, 0.05) is 23.6 Å². The van der Waals surface area contributed by atoms with Gasteiger partial charge in [-0.05, 0) is 66.0 Å². The van der Waals surface area contributed by atoms with Crippen molar-refractivity contribution in [2.75, 3.05) is 6.61 Å². The zero-order valence-corrected chi connectivity index (χ0v) is 20.2. The first-order chi connectivity index (χ1) is 17.5. The minimum absolute atomic E-state index is 0.0326. The summed E-state index contributed by atoms with van der Waals surface area (Å²) in [7, 11) is 0. The Balaban J connectivity index is 1.22. The minimum atomic E-state index is -0.327. The third-order valence-corrected chi connectivity index (χ3v) is 7.96. The maximum absolute atomic E-state index is 13.4. The maximum atomic E-state index is 13.4. The summed E-state index contributed by atoms with van der Waals surface area (Å²) in [6, 6.07) is 22.1. The molecule has 0 saturated carbocycles. The highest BCUT2D eigenvalue weighted by Gasteiger charge is 2.39. The number of aryl methyl sites for hydroxylation is 1. The molecule has 6 heteroatoms. The van der Waals surface area contributed by atoms with Gasteiger partial charge in [-0.1, -0.05) is 66.7 Å². The van der Waals surface area contributed by atoms with Crippen LogP contribution in [0.2, 0.25) is 0 Å². The van der Waals surface area contributed by atoms with Crippen molar-refractivity contribution in [3.63, 3.8) is 0 Å². The van der Waals surface area contributed by atoms with Crippen molar-refractivity contribution < 1.29 is 14.5 Å². The smallest absolute Gasteiger partial charge is 0.410 e. The van der Waals surface area contributed by atoms with Gasteiger partial charge in [-0.25, -0.2) is 4.79 Å². The van der Waals surface area contributed by atoms with Crippen LogP contribution in [0.25, 0.3) is 16.7 Å². The molecule has 2 aliphatic heterocycles. The molecule has 3 aromatic rings. The fourth-order valence-corrected chi connectivity index (χ4v) is 6.20. The molecule has 0 spiro atoms. The first kappa shape index (κ1) is 22.5. The van der Waals surface area contributed by atoms with Gasteiger partial charge in [-0.15, -0.1) is 0 Å². The number of carbonyl (C=O) groups is 1. The summed E-state index contributed by atoms with van der Waals surface area (Å²) < 4.78 is 5.99. The van der Waals surface area contributed by atoms with Crippen molar-refractivity contribution in [2.45, 2.75) is 50.6 Å². The fraction of sp³-hybridized carbons (Fsp3) is 0.300. The summed E-state index contributed by atoms with van der Waals surface area (Å²) in [5.74, 6) is 0.0326. The van der Waals surface area contributed by atoms with Gasteiger partial charge in [0.25, 0.3) is 5.69 Å². The van der Waals surface area contributed by atoms with Crippen LogP contribution in [0.4, 0.5) is 10.5 Å². The van der Waals surface area contributed by atoms with Crippen molar-refractivity contribution in [1.29, 1.82) is 0 Å². The molecule has 182 valence electrons. The fourth-order valence-electron chi connectivity index (χ4n) is 6.20. The van der Waals surface area contributed by atoms with Crippen molar-refractivity contribution in [3.05, 3.63) is 105 Å². The predicted octanol–water partition coefficient (Wildman–Crippen LogP) is 6.86. The van der Waals surface area contributed by atoms with E-state index in [0.717, 1.165) is 30.4 Å². The molecule has 0 aromatic heterocycles. The summed E-state index contributed by atoms with van der Waals surface area (Å²) in [5, 5.41) is 11.4. The zero-order valence-electron chi connectivity index (χ0n) is 20.2. The molecule has 36 heavy (non-hydrogen) atoms. The summed E-state index contributed by atoms with van der Waals surface area (Å²) in [4.78, 5) is 26.4. The zero-order chi connectivity index (χ0) is 24.8. The molecule has 1 saturated heterocycles. The number of nitrogens with zero attached hydrogens (tertiary/aromatic N) is 2. The number of rotatable bonds is 4. The number of hydrogen-bond acceptors (Lipinski definition) is 4. The highest BCUT2D eigenvalue weighted by molar-refractivity contribution is 5.79. The molecule has 6 nitrogen and oxygen atoms in total. The van der Waals surface area contributed by atoms with Gasteiger partial charge in [-0.3, -0.25) is 15.0 Å². The maximum Gasteiger partial charge on any atom is 0.410 e. The number of hydrogen-bond donors (Lipinski definition) is 0. The Morgan fingerprint density at radius 3 is 2.39 bits per heavy atom. The second-order valence-electron chi connectivity index (χ2n) is 10.0. The number of carbonyl (C=O) groups excluding carboxylic acids is 1. The Hall–Kier alpha value is -3.93. The lowest BCUT2D eigenvalue weighted by atomic mass is 9.83. The van der Waals surface area contributed by atoms with E-state index < -0.39 is 0 Å². The molecule has 6 rings (SSSR count). The van der Waals surface area contributed by atoms with Crippen LogP contribution in [-0.2, 0) is 4.74 Å². The van der Waals surface area contributed by atoms with Gasteiger partial charge in [0.15, 0.2) is 0 Å². The molecular formula is C30H28N2O4. The van der Waals surface area contributed by atoms with Crippen LogP contribution >= 0.6 is 0 Å². The number of piperidine rings is 1. The molecule has 3 aliphatic rings. The molecule has 1 aliphatic carbocycles. The number of nitro groups is 1. The van der Waals surface area contributed by atoms with Crippen LogP contribution in [0.5, 0.6) is 0 Å². The van der Waals surface area contributed by atoms with E-state index in [9.17, 15) is 14.9 Å². The van der Waals surface area contributed by atoms with Crippen LogP contribution in [0.1, 0.15) is 53.9 Å². The van der Waals surface area contributed by atoms with E-state index in [1.165, 1.54) is 22.3 Å². The standard InChI is InChI=1S/C30H28N2O4/c1-19-13-14-20(17-29(19)32(34)35)21-15-22-7-6-8-23(16-21)31(22)30(33)36-18-28-26-11-4-2-9-24(26)25-10-3-5-12-27(25)28/h2-5,9-15,17,22-23,28H,6-8,16,18H2,1H3. The van der Waals surface area contributed by atoms with Crippen LogP contribution in [0.15, 0.2) is 72.8 Å². The van der Waals surface area contributed by atoms with E-state index in [2.05, 4.69) is 30.3 Å². The Labute approximate surface area is 210 Å². The van der Waals surface area contributed by atoms with E-state index >= 15 is 0 Å². The van der Waals surface area contributed by atoms with Crippen LogP contribution < -0.4 is 0 Å². The second-order valence-corrected chi connectivity index (χ2v) is 10.0. The summed E-state index contributed by atoms with van der Waals surface area (Å²) in [5.41, 5.74) is 7.57. The first-order valence-electron chi connectivity index (χ1n) is 12.6. The Kier molecular flexibility index (Phi) is 5.59. The lowest BCUT2D eigenvalue weighted by Gasteiger charge is -2.44. The van der Waals surface area contributed by atoms with E-state index in [-0.39, 0.29) is 34.7 Å². The average molecular weight is 481 g/mol. The van der Waals surface area contributed by atoms with Gasteiger partial charge in [-0.2, -0.15) is 0 Å². The van der Waals surface area contributed by atoms with Crippen LogP contribution in [-0.4, -0.2) is 34.6 Å². The molecule has 2 bridgehead atoms. The lowest BCUT2D eigenvalue weighted by molar-refractivity contribution is -0.385. The molecule has 0 radical (unpaired) electrons. The molecule has 0 N–H and O–H groups in total. The van der Waals surface area contributed by atoms with Crippen LogP contribution in [0.3, 0.4) is 0 Å². The Bertz CT molecular complexity index is 1350. The van der Waals surface area contributed by atoms with Gasteiger partial charge in [0.05, 0.1) is 11.0 Å². The normalized spacial score (nSPS) is 20.4. The summed E-state index contributed by atoms with van der Waals surface area (Å²) in [6.45, 7) is 2.06. The monoisotopic (exact) mass is 480 g/mol. The molecule has 2 atom stereocenters. The SMILES string of the molecule is Cc1ccc(C2=CC3CCCC(C2)N3C(=O)OCC2c3ccccc3-c3ccccc32)cc1[N+](=O)[O-]. The molecule has 1 fully saturated rings. The number of nitro benzene ring substituents is 1. The average Bonchev–Trinajstić information content (AvgIpc) is 3.20. The van der Waals surface area contributed by atoms with Gasteiger partial charge < -0.3 is 4.74 Å². The topological polar surface area (TPSA) is 72.7 Å². The molecule has 2 heterocycles. The minimum Gasteiger partial charge on any atom is -0.448 e. The highest BCUT2D eigenvalue weighted by Crippen LogP contribution is 2.45. The summed E-state index contributed by atoms with van der Waals surface area (Å²) >= 11 is 0.